The molecule has 0 aliphatic carbocycles. The maximum Gasteiger partial charge on any atom is 0.410 e. The third-order valence-electron chi connectivity index (χ3n) is 6.29. The van der Waals surface area contributed by atoms with Gasteiger partial charge >= 0.3 is 6.09 Å². The van der Waals surface area contributed by atoms with E-state index in [4.69, 9.17) is 14.2 Å². The first-order chi connectivity index (χ1) is 17.3. The first kappa shape index (κ1) is 25.7. The van der Waals surface area contributed by atoms with E-state index in [2.05, 4.69) is 53.5 Å². The molecule has 6 nitrogen and oxygen atoms in total. The van der Waals surface area contributed by atoms with Crippen molar-refractivity contribution in [3.63, 3.8) is 0 Å². The van der Waals surface area contributed by atoms with E-state index in [1.807, 2.05) is 39.1 Å². The Hall–Kier alpha value is -3.38. The predicted molar refractivity (Wildman–Crippen MR) is 141 cm³/mol. The lowest BCUT2D eigenvalue weighted by Crippen LogP contribution is -2.55. The molecule has 1 fully saturated rings. The zero-order valence-electron chi connectivity index (χ0n) is 21.6. The molecule has 0 N–H and O–H groups in total. The number of rotatable bonds is 9. The van der Waals surface area contributed by atoms with E-state index < -0.39 is 5.60 Å². The minimum atomic E-state index is -0.504. The molecule has 1 amide bonds. The van der Waals surface area contributed by atoms with Gasteiger partial charge in [-0.2, -0.15) is 0 Å². The molecule has 1 saturated heterocycles. The Bertz CT molecular complexity index is 1140. The smallest absolute Gasteiger partial charge is 0.410 e. The van der Waals surface area contributed by atoms with Crippen LogP contribution in [0, 0.1) is 0 Å². The first-order valence-electron chi connectivity index (χ1n) is 12.5. The Balaban J connectivity index is 1.37. The molecule has 0 saturated carbocycles. The van der Waals surface area contributed by atoms with Crippen LogP contribution in [0.1, 0.15) is 38.3 Å². The number of aromatic nitrogens is 1. The van der Waals surface area contributed by atoms with Crippen molar-refractivity contribution in [3.8, 4) is 16.9 Å². The van der Waals surface area contributed by atoms with Gasteiger partial charge in [0.05, 0.1) is 18.3 Å². The highest BCUT2D eigenvalue weighted by Crippen LogP contribution is 2.26. The third-order valence-corrected chi connectivity index (χ3v) is 6.29. The molecule has 4 rings (SSSR count). The second kappa shape index (κ2) is 11.6. The standard InChI is InChI=1S/C30H36N2O4/c1-30(2,3)36-29(33)32-14-13-26(32)21-35-28-18-25(19-31-20-28)24-12-8-11-23(15-24)17-27(34-4)16-22-9-6-5-7-10-22/h5-12,15,18-20,26-27H,13-14,16-17,21H2,1-4H3. The number of nitrogens with zero attached hydrogens (tertiary/aromatic N) is 2. The van der Waals surface area contributed by atoms with Crippen molar-refractivity contribution in [3.05, 3.63) is 84.2 Å². The highest BCUT2D eigenvalue weighted by Gasteiger charge is 2.35. The average Bonchev–Trinajstić information content (AvgIpc) is 2.83. The fourth-order valence-electron chi connectivity index (χ4n) is 4.28. The van der Waals surface area contributed by atoms with Gasteiger partial charge in [0.15, 0.2) is 0 Å². The summed E-state index contributed by atoms with van der Waals surface area (Å²) in [5.41, 5.74) is 4.05. The van der Waals surface area contributed by atoms with Crippen molar-refractivity contribution in [2.45, 2.75) is 57.8 Å². The number of carbonyl (C=O) groups excluding carboxylic acids is 1. The van der Waals surface area contributed by atoms with Gasteiger partial charge in [0.2, 0.25) is 0 Å². The van der Waals surface area contributed by atoms with Crippen LogP contribution in [0.15, 0.2) is 73.1 Å². The molecule has 1 aliphatic heterocycles. The molecule has 0 spiro atoms. The largest absolute Gasteiger partial charge is 0.490 e. The lowest BCUT2D eigenvalue weighted by molar-refractivity contribution is -0.0141. The average molecular weight is 489 g/mol. The number of carbonyl (C=O) groups is 1. The Morgan fingerprint density at radius 1 is 1.00 bits per heavy atom. The second-order valence-corrected chi connectivity index (χ2v) is 10.3. The van der Waals surface area contributed by atoms with Crippen LogP contribution < -0.4 is 4.74 Å². The van der Waals surface area contributed by atoms with E-state index >= 15 is 0 Å². The van der Waals surface area contributed by atoms with Crippen LogP contribution in [0.4, 0.5) is 4.79 Å². The molecule has 6 heteroatoms. The predicted octanol–water partition coefficient (Wildman–Crippen LogP) is 5.94. The van der Waals surface area contributed by atoms with Crippen LogP contribution in [0.2, 0.25) is 0 Å². The Morgan fingerprint density at radius 2 is 1.75 bits per heavy atom. The van der Waals surface area contributed by atoms with Crippen LogP contribution in [-0.2, 0) is 22.3 Å². The molecule has 0 bridgehead atoms. The summed E-state index contributed by atoms with van der Waals surface area (Å²) in [7, 11) is 1.77. The number of hydrogen-bond donors (Lipinski definition) is 0. The SMILES string of the molecule is COC(Cc1ccccc1)Cc1cccc(-c2cncc(OCC3CCN3C(=O)OC(C)(C)C)c2)c1. The Kier molecular flexibility index (Phi) is 8.26. The summed E-state index contributed by atoms with van der Waals surface area (Å²) in [4.78, 5) is 18.5. The molecule has 2 heterocycles. The molecule has 2 unspecified atom stereocenters. The fourth-order valence-corrected chi connectivity index (χ4v) is 4.28. The van der Waals surface area contributed by atoms with Gasteiger partial charge in [-0.1, -0.05) is 54.6 Å². The summed E-state index contributed by atoms with van der Waals surface area (Å²) < 4.78 is 17.3. The number of pyridine rings is 1. The Labute approximate surface area is 214 Å². The number of likely N-dealkylation sites (tertiary alicyclic amines) is 1. The summed E-state index contributed by atoms with van der Waals surface area (Å²) >= 11 is 0. The minimum absolute atomic E-state index is 0.0161. The number of benzene rings is 2. The molecule has 190 valence electrons. The van der Waals surface area contributed by atoms with Crippen molar-refractivity contribution in [2.75, 3.05) is 20.3 Å². The number of methoxy groups -OCH3 is 1. The van der Waals surface area contributed by atoms with Gasteiger partial charge in [-0.3, -0.25) is 4.98 Å². The molecule has 3 aromatic rings. The van der Waals surface area contributed by atoms with Gasteiger partial charge in [-0.15, -0.1) is 0 Å². The van der Waals surface area contributed by atoms with Crippen LogP contribution in [0.3, 0.4) is 0 Å². The van der Waals surface area contributed by atoms with Gasteiger partial charge in [-0.25, -0.2) is 4.79 Å². The van der Waals surface area contributed by atoms with Gasteiger partial charge in [0, 0.05) is 25.4 Å². The Morgan fingerprint density at radius 3 is 2.44 bits per heavy atom. The van der Waals surface area contributed by atoms with Gasteiger partial charge in [0.25, 0.3) is 0 Å². The molecule has 0 radical (unpaired) electrons. The molecule has 2 aromatic carbocycles. The summed E-state index contributed by atoms with van der Waals surface area (Å²) in [5.74, 6) is 0.688. The van der Waals surface area contributed by atoms with Crippen molar-refractivity contribution >= 4 is 6.09 Å². The maximum absolute atomic E-state index is 12.4. The first-order valence-corrected chi connectivity index (χ1v) is 12.5. The lowest BCUT2D eigenvalue weighted by Gasteiger charge is -2.40. The zero-order chi connectivity index (χ0) is 25.5. The van der Waals surface area contributed by atoms with Gasteiger partial charge in [0.1, 0.15) is 18.0 Å². The molecular formula is C30H36N2O4. The van der Waals surface area contributed by atoms with Crippen LogP contribution in [0.25, 0.3) is 11.1 Å². The lowest BCUT2D eigenvalue weighted by atomic mass is 9.98. The second-order valence-electron chi connectivity index (χ2n) is 10.3. The van der Waals surface area contributed by atoms with E-state index in [-0.39, 0.29) is 18.2 Å². The summed E-state index contributed by atoms with van der Waals surface area (Å²) in [5, 5.41) is 0. The van der Waals surface area contributed by atoms with Crippen LogP contribution in [-0.4, -0.2) is 54.0 Å². The zero-order valence-corrected chi connectivity index (χ0v) is 21.6. The monoisotopic (exact) mass is 488 g/mol. The quantitative estimate of drug-likeness (QED) is 0.373. The topological polar surface area (TPSA) is 60.9 Å². The van der Waals surface area contributed by atoms with Crippen LogP contribution >= 0.6 is 0 Å². The van der Waals surface area contributed by atoms with Crippen molar-refractivity contribution in [1.29, 1.82) is 0 Å². The normalized spacial score (nSPS) is 16.2. The van der Waals surface area contributed by atoms with Crippen molar-refractivity contribution in [1.82, 2.24) is 9.88 Å². The molecule has 36 heavy (non-hydrogen) atoms. The summed E-state index contributed by atoms with van der Waals surface area (Å²) in [6, 6.07) is 20.9. The van der Waals surface area contributed by atoms with E-state index in [1.54, 1.807) is 18.2 Å². The molecule has 1 aliphatic rings. The molecular weight excluding hydrogens is 452 g/mol. The maximum atomic E-state index is 12.4. The highest BCUT2D eigenvalue weighted by atomic mass is 16.6. The van der Waals surface area contributed by atoms with Gasteiger partial charge < -0.3 is 19.1 Å². The summed E-state index contributed by atoms with van der Waals surface area (Å²) in [6.45, 7) is 6.74. The number of ether oxygens (including phenoxy) is 3. The number of hydrogen-bond acceptors (Lipinski definition) is 5. The van der Waals surface area contributed by atoms with E-state index in [1.165, 1.54) is 11.1 Å². The summed E-state index contributed by atoms with van der Waals surface area (Å²) in [6.07, 6.45) is 5.97. The van der Waals surface area contributed by atoms with E-state index in [0.29, 0.717) is 18.9 Å². The minimum Gasteiger partial charge on any atom is -0.490 e. The highest BCUT2D eigenvalue weighted by molar-refractivity contribution is 5.69. The van der Waals surface area contributed by atoms with Crippen molar-refractivity contribution < 1.29 is 19.0 Å². The fraction of sp³-hybridized carbons (Fsp3) is 0.400. The molecule has 1 aromatic heterocycles. The van der Waals surface area contributed by atoms with E-state index in [9.17, 15) is 4.79 Å². The van der Waals surface area contributed by atoms with Gasteiger partial charge in [-0.05, 0) is 62.8 Å². The van der Waals surface area contributed by atoms with Crippen LogP contribution in [0.5, 0.6) is 5.75 Å². The van der Waals surface area contributed by atoms with Crippen molar-refractivity contribution in [2.24, 2.45) is 0 Å². The third kappa shape index (κ3) is 7.08. The van der Waals surface area contributed by atoms with E-state index in [0.717, 1.165) is 30.4 Å². The number of amides is 1. The molecule has 2 atom stereocenters.